The van der Waals surface area contributed by atoms with Gasteiger partial charge in [0.2, 0.25) is 0 Å². The molecule has 3 heteroatoms. The maximum absolute atomic E-state index is 6.13. The minimum absolute atomic E-state index is 0.131. The quantitative estimate of drug-likeness (QED) is 0.460. The first kappa shape index (κ1) is 17.2. The number of rotatable bonds is 9. The molecule has 0 spiro atoms. The van der Waals surface area contributed by atoms with Crippen LogP contribution in [0.3, 0.4) is 0 Å². The Morgan fingerprint density at radius 2 is 1.95 bits per heavy atom. The van der Waals surface area contributed by atoms with E-state index in [1.54, 1.807) is 0 Å². The molecule has 1 aromatic rings. The van der Waals surface area contributed by atoms with Crippen LogP contribution >= 0.6 is 31.9 Å². The van der Waals surface area contributed by atoms with E-state index in [-0.39, 0.29) is 6.10 Å². The van der Waals surface area contributed by atoms with Crippen molar-refractivity contribution in [3.8, 4) is 0 Å². The third-order valence-electron chi connectivity index (χ3n) is 3.47. The SMILES string of the molecule is CCCCC(CC)COC(CBr)c1ccccc1Br. The monoisotopic (exact) mass is 390 g/mol. The maximum atomic E-state index is 6.13. The standard InChI is InChI=1S/C16H24Br2O/c1-3-5-8-13(4-2)12-19-16(11-17)14-9-6-7-10-15(14)18/h6-7,9-10,13,16H,3-5,8,11-12H2,1-2H3. The third kappa shape index (κ3) is 5.97. The molecule has 2 unspecified atom stereocenters. The Labute approximate surface area is 134 Å². The molecule has 0 saturated carbocycles. The Morgan fingerprint density at radius 1 is 1.21 bits per heavy atom. The maximum Gasteiger partial charge on any atom is 0.0932 e. The van der Waals surface area contributed by atoms with E-state index in [4.69, 9.17) is 4.74 Å². The van der Waals surface area contributed by atoms with Crippen LogP contribution in [0.2, 0.25) is 0 Å². The van der Waals surface area contributed by atoms with Gasteiger partial charge in [0, 0.05) is 9.80 Å². The van der Waals surface area contributed by atoms with Crippen LogP contribution in [-0.2, 0) is 4.74 Å². The van der Waals surface area contributed by atoms with Gasteiger partial charge in [-0.2, -0.15) is 0 Å². The number of halogens is 2. The zero-order valence-corrected chi connectivity index (χ0v) is 15.0. The lowest BCUT2D eigenvalue weighted by Crippen LogP contribution is -2.14. The highest BCUT2D eigenvalue weighted by Crippen LogP contribution is 2.28. The van der Waals surface area contributed by atoms with E-state index < -0.39 is 0 Å². The Hall–Kier alpha value is 0.140. The van der Waals surface area contributed by atoms with E-state index in [9.17, 15) is 0 Å². The van der Waals surface area contributed by atoms with E-state index in [1.807, 2.05) is 6.07 Å². The van der Waals surface area contributed by atoms with Crippen LogP contribution in [0.4, 0.5) is 0 Å². The molecule has 19 heavy (non-hydrogen) atoms. The van der Waals surface area contributed by atoms with Crippen molar-refractivity contribution in [1.82, 2.24) is 0 Å². The summed E-state index contributed by atoms with van der Waals surface area (Å²) in [5, 5.41) is 0.833. The summed E-state index contributed by atoms with van der Waals surface area (Å²) in [6.07, 6.45) is 5.17. The van der Waals surface area contributed by atoms with Gasteiger partial charge in [-0.1, -0.05) is 83.2 Å². The van der Waals surface area contributed by atoms with Gasteiger partial charge in [-0.15, -0.1) is 0 Å². The number of unbranched alkanes of at least 4 members (excludes halogenated alkanes) is 1. The molecule has 2 atom stereocenters. The molecule has 1 nitrogen and oxygen atoms in total. The second kappa shape index (κ2) is 9.95. The molecule has 0 aliphatic heterocycles. The predicted molar refractivity (Wildman–Crippen MR) is 89.9 cm³/mol. The minimum atomic E-state index is 0.131. The molecule has 0 aliphatic rings. The molecule has 108 valence electrons. The summed E-state index contributed by atoms with van der Waals surface area (Å²) < 4.78 is 7.26. The van der Waals surface area contributed by atoms with E-state index in [0.717, 1.165) is 16.4 Å². The zero-order valence-electron chi connectivity index (χ0n) is 11.9. The molecule has 0 aliphatic carbocycles. The zero-order chi connectivity index (χ0) is 14.1. The van der Waals surface area contributed by atoms with Crippen molar-refractivity contribution in [1.29, 1.82) is 0 Å². The molecule has 0 radical (unpaired) electrons. The number of hydrogen-bond donors (Lipinski definition) is 0. The molecule has 0 amide bonds. The summed E-state index contributed by atoms with van der Waals surface area (Å²) in [5.74, 6) is 0.684. The van der Waals surface area contributed by atoms with E-state index in [1.165, 1.54) is 31.2 Å². The van der Waals surface area contributed by atoms with Crippen molar-refractivity contribution < 1.29 is 4.74 Å². The van der Waals surface area contributed by atoms with Gasteiger partial charge in [0.05, 0.1) is 12.7 Å². The third-order valence-corrected chi connectivity index (χ3v) is 4.78. The molecule has 1 rings (SSSR count). The molecule has 0 fully saturated rings. The lowest BCUT2D eigenvalue weighted by Gasteiger charge is -2.21. The Kier molecular flexibility index (Phi) is 9.01. The molecule has 0 aromatic heterocycles. The minimum Gasteiger partial charge on any atom is -0.372 e. The molecule has 0 heterocycles. The van der Waals surface area contributed by atoms with E-state index in [2.05, 4.69) is 63.9 Å². The lowest BCUT2D eigenvalue weighted by atomic mass is 10.0. The first-order chi connectivity index (χ1) is 9.22. The van der Waals surface area contributed by atoms with Crippen LogP contribution in [0.25, 0.3) is 0 Å². The van der Waals surface area contributed by atoms with Crippen molar-refractivity contribution in [2.75, 3.05) is 11.9 Å². The average molecular weight is 392 g/mol. The second-order valence-corrected chi connectivity index (χ2v) is 6.42. The van der Waals surface area contributed by atoms with Crippen molar-refractivity contribution in [2.24, 2.45) is 5.92 Å². The summed E-state index contributed by atoms with van der Waals surface area (Å²) in [4.78, 5) is 0. The van der Waals surface area contributed by atoms with Crippen molar-refractivity contribution in [3.05, 3.63) is 34.3 Å². The van der Waals surface area contributed by atoms with Gasteiger partial charge in [-0.25, -0.2) is 0 Å². The largest absolute Gasteiger partial charge is 0.372 e. The lowest BCUT2D eigenvalue weighted by molar-refractivity contribution is 0.0389. The van der Waals surface area contributed by atoms with Crippen molar-refractivity contribution in [2.45, 2.75) is 45.6 Å². The summed E-state index contributed by atoms with van der Waals surface area (Å²) in [5.41, 5.74) is 1.23. The Morgan fingerprint density at radius 3 is 2.53 bits per heavy atom. The van der Waals surface area contributed by atoms with Crippen LogP contribution in [0.1, 0.15) is 51.2 Å². The molecular weight excluding hydrogens is 368 g/mol. The van der Waals surface area contributed by atoms with Crippen LogP contribution in [-0.4, -0.2) is 11.9 Å². The molecule has 0 saturated heterocycles. The number of hydrogen-bond acceptors (Lipinski definition) is 1. The summed E-state index contributed by atoms with van der Waals surface area (Å²) in [6.45, 7) is 5.36. The van der Waals surface area contributed by atoms with E-state index >= 15 is 0 Å². The molecule has 0 bridgehead atoms. The fourth-order valence-electron chi connectivity index (χ4n) is 2.10. The average Bonchev–Trinajstić information content (AvgIpc) is 2.44. The van der Waals surface area contributed by atoms with Gasteiger partial charge in [-0.05, 0) is 24.0 Å². The first-order valence-electron chi connectivity index (χ1n) is 7.14. The number of benzene rings is 1. The Balaban J connectivity index is 2.55. The topological polar surface area (TPSA) is 9.23 Å². The predicted octanol–water partition coefficient (Wildman–Crippen LogP) is 6.12. The van der Waals surface area contributed by atoms with Crippen LogP contribution in [0.5, 0.6) is 0 Å². The van der Waals surface area contributed by atoms with Crippen LogP contribution in [0, 0.1) is 5.92 Å². The van der Waals surface area contributed by atoms with Gasteiger partial charge < -0.3 is 4.74 Å². The molecule has 0 N–H and O–H groups in total. The van der Waals surface area contributed by atoms with Crippen molar-refractivity contribution >= 4 is 31.9 Å². The van der Waals surface area contributed by atoms with Crippen molar-refractivity contribution in [3.63, 3.8) is 0 Å². The fraction of sp³-hybridized carbons (Fsp3) is 0.625. The highest BCUT2D eigenvalue weighted by Gasteiger charge is 2.15. The highest BCUT2D eigenvalue weighted by molar-refractivity contribution is 9.10. The molecule has 1 aromatic carbocycles. The summed E-state index contributed by atoms with van der Waals surface area (Å²) in [6, 6.07) is 8.30. The molecular formula is C16H24Br2O. The number of alkyl halides is 1. The van der Waals surface area contributed by atoms with Crippen LogP contribution in [0.15, 0.2) is 28.7 Å². The van der Waals surface area contributed by atoms with Gasteiger partial charge in [0.15, 0.2) is 0 Å². The Bertz CT molecular complexity index is 354. The number of ether oxygens (including phenoxy) is 1. The van der Waals surface area contributed by atoms with Gasteiger partial charge in [-0.3, -0.25) is 0 Å². The summed E-state index contributed by atoms with van der Waals surface area (Å²) >= 11 is 7.17. The first-order valence-corrected chi connectivity index (χ1v) is 9.06. The highest BCUT2D eigenvalue weighted by atomic mass is 79.9. The van der Waals surface area contributed by atoms with Crippen LogP contribution < -0.4 is 0 Å². The van der Waals surface area contributed by atoms with Gasteiger partial charge in [0.25, 0.3) is 0 Å². The second-order valence-electron chi connectivity index (χ2n) is 4.91. The summed E-state index contributed by atoms with van der Waals surface area (Å²) in [7, 11) is 0. The van der Waals surface area contributed by atoms with Gasteiger partial charge >= 0.3 is 0 Å². The normalized spacial score (nSPS) is 14.3. The van der Waals surface area contributed by atoms with Gasteiger partial charge in [0.1, 0.15) is 0 Å². The smallest absolute Gasteiger partial charge is 0.0932 e. The van der Waals surface area contributed by atoms with E-state index in [0.29, 0.717) is 5.92 Å². The fourth-order valence-corrected chi connectivity index (χ4v) is 3.18.